The van der Waals surface area contributed by atoms with Crippen molar-refractivity contribution in [2.45, 2.75) is 33.6 Å². The molecule has 0 aromatic rings. The van der Waals surface area contributed by atoms with Crippen LogP contribution < -0.4 is 0 Å². The first-order valence-electron chi connectivity index (χ1n) is 3.90. The van der Waals surface area contributed by atoms with Gasteiger partial charge in [-0.15, -0.1) is 0 Å². The molecule has 0 fully saturated rings. The summed E-state index contributed by atoms with van der Waals surface area (Å²) in [7, 11) is 0. The second-order valence-corrected chi connectivity index (χ2v) is 3.41. The summed E-state index contributed by atoms with van der Waals surface area (Å²) in [4.78, 5) is 0. The van der Waals surface area contributed by atoms with Crippen molar-refractivity contribution in [1.82, 2.24) is 0 Å². The first-order chi connectivity index (χ1) is 4.20. The van der Waals surface area contributed by atoms with Crippen LogP contribution in [-0.2, 0) is 0 Å². The van der Waals surface area contributed by atoms with Gasteiger partial charge < -0.3 is 0 Å². The lowest BCUT2D eigenvalue weighted by Gasteiger charge is -2.02. The van der Waals surface area contributed by atoms with Gasteiger partial charge in [0, 0.05) is 0 Å². The molecule has 0 radical (unpaired) electrons. The number of allylic oxidation sites excluding steroid dienone is 2. The molecule has 0 aliphatic heterocycles. The lowest BCUT2D eigenvalue weighted by molar-refractivity contribution is 0.674. The molecule has 0 bridgehead atoms. The largest absolute Gasteiger partial charge is 0.0822 e. The molecule has 52 valence electrons. The maximum absolute atomic E-state index is 2.44. The van der Waals surface area contributed by atoms with Gasteiger partial charge >= 0.3 is 0 Å². The van der Waals surface area contributed by atoms with Gasteiger partial charge in [0.05, 0.1) is 0 Å². The zero-order chi connectivity index (χ0) is 6.85. The number of hydrogen-bond acceptors (Lipinski definition) is 0. The van der Waals surface area contributed by atoms with Gasteiger partial charge in [-0.2, -0.15) is 0 Å². The van der Waals surface area contributed by atoms with Crippen LogP contribution in [0.4, 0.5) is 0 Å². The van der Waals surface area contributed by atoms with E-state index in [9.17, 15) is 0 Å². The average Bonchev–Trinajstić information content (AvgIpc) is 2.14. The SMILES string of the molecule is CC1C=C(C(C)C)CC1. The Morgan fingerprint density at radius 2 is 2.22 bits per heavy atom. The van der Waals surface area contributed by atoms with Crippen molar-refractivity contribution in [3.8, 4) is 0 Å². The van der Waals surface area contributed by atoms with E-state index in [1.165, 1.54) is 12.8 Å². The molecule has 0 N–H and O–H groups in total. The summed E-state index contributed by atoms with van der Waals surface area (Å²) in [5, 5.41) is 0. The lowest BCUT2D eigenvalue weighted by atomic mass is 10.0. The van der Waals surface area contributed by atoms with Gasteiger partial charge in [0.15, 0.2) is 0 Å². The first kappa shape index (κ1) is 6.85. The van der Waals surface area contributed by atoms with Crippen LogP contribution in [0.25, 0.3) is 0 Å². The van der Waals surface area contributed by atoms with Crippen LogP contribution in [0.15, 0.2) is 11.6 Å². The fraction of sp³-hybridized carbons (Fsp3) is 0.778. The molecule has 1 rings (SSSR count). The highest BCUT2D eigenvalue weighted by Crippen LogP contribution is 2.28. The zero-order valence-electron chi connectivity index (χ0n) is 6.65. The van der Waals surface area contributed by atoms with Crippen LogP contribution in [0.1, 0.15) is 33.6 Å². The summed E-state index contributed by atoms with van der Waals surface area (Å²) >= 11 is 0. The van der Waals surface area contributed by atoms with Crippen LogP contribution in [0.5, 0.6) is 0 Å². The molecule has 1 aliphatic carbocycles. The molecular formula is C9H16. The lowest BCUT2D eigenvalue weighted by Crippen LogP contribution is -1.88. The molecule has 1 aliphatic rings. The monoisotopic (exact) mass is 124 g/mol. The van der Waals surface area contributed by atoms with Gasteiger partial charge in [-0.3, -0.25) is 0 Å². The van der Waals surface area contributed by atoms with Crippen LogP contribution in [-0.4, -0.2) is 0 Å². The van der Waals surface area contributed by atoms with Crippen LogP contribution in [0.2, 0.25) is 0 Å². The second kappa shape index (κ2) is 2.55. The Kier molecular flexibility index (Phi) is 1.94. The van der Waals surface area contributed by atoms with Crippen molar-refractivity contribution >= 4 is 0 Å². The molecule has 0 spiro atoms. The molecule has 0 aromatic heterocycles. The topological polar surface area (TPSA) is 0 Å². The fourth-order valence-corrected chi connectivity index (χ4v) is 1.41. The normalized spacial score (nSPS) is 27.1. The molecule has 0 heteroatoms. The van der Waals surface area contributed by atoms with Crippen molar-refractivity contribution in [3.05, 3.63) is 11.6 Å². The Labute approximate surface area is 58.0 Å². The van der Waals surface area contributed by atoms with Crippen molar-refractivity contribution in [1.29, 1.82) is 0 Å². The third-order valence-corrected chi connectivity index (χ3v) is 2.13. The standard InChI is InChI=1S/C9H16/c1-7(2)9-5-4-8(3)6-9/h6-8H,4-5H2,1-3H3. The Morgan fingerprint density at radius 3 is 2.44 bits per heavy atom. The van der Waals surface area contributed by atoms with E-state index in [1.54, 1.807) is 5.57 Å². The highest BCUT2D eigenvalue weighted by atomic mass is 14.2. The molecule has 0 aromatic carbocycles. The molecular weight excluding hydrogens is 108 g/mol. The molecule has 0 heterocycles. The third-order valence-electron chi connectivity index (χ3n) is 2.13. The van der Waals surface area contributed by atoms with Crippen LogP contribution in [0, 0.1) is 11.8 Å². The molecule has 1 unspecified atom stereocenters. The van der Waals surface area contributed by atoms with Gasteiger partial charge in [-0.25, -0.2) is 0 Å². The van der Waals surface area contributed by atoms with Gasteiger partial charge in [-0.1, -0.05) is 32.4 Å². The summed E-state index contributed by atoms with van der Waals surface area (Å²) in [6.45, 7) is 6.86. The van der Waals surface area contributed by atoms with E-state index in [0.717, 1.165) is 11.8 Å². The van der Waals surface area contributed by atoms with Crippen molar-refractivity contribution in [2.75, 3.05) is 0 Å². The Morgan fingerprint density at radius 1 is 1.56 bits per heavy atom. The molecule has 1 atom stereocenters. The van der Waals surface area contributed by atoms with Gasteiger partial charge in [0.2, 0.25) is 0 Å². The molecule has 9 heavy (non-hydrogen) atoms. The fourth-order valence-electron chi connectivity index (χ4n) is 1.41. The summed E-state index contributed by atoms with van der Waals surface area (Å²) in [6, 6.07) is 0. The Bertz CT molecular complexity index is 120. The minimum atomic E-state index is 0.787. The summed E-state index contributed by atoms with van der Waals surface area (Å²) in [5.41, 5.74) is 1.67. The number of rotatable bonds is 1. The average molecular weight is 124 g/mol. The molecule has 0 amide bonds. The van der Waals surface area contributed by atoms with E-state index in [4.69, 9.17) is 0 Å². The molecule has 0 saturated heterocycles. The second-order valence-electron chi connectivity index (χ2n) is 3.41. The maximum Gasteiger partial charge on any atom is -0.0256 e. The van der Waals surface area contributed by atoms with E-state index >= 15 is 0 Å². The van der Waals surface area contributed by atoms with Crippen LogP contribution in [0.3, 0.4) is 0 Å². The van der Waals surface area contributed by atoms with Gasteiger partial charge in [0.25, 0.3) is 0 Å². The summed E-state index contributed by atoms with van der Waals surface area (Å²) < 4.78 is 0. The Hall–Kier alpha value is -0.260. The molecule has 0 nitrogen and oxygen atoms in total. The minimum absolute atomic E-state index is 0.787. The first-order valence-corrected chi connectivity index (χ1v) is 3.90. The quantitative estimate of drug-likeness (QED) is 0.471. The van der Waals surface area contributed by atoms with Crippen molar-refractivity contribution < 1.29 is 0 Å². The van der Waals surface area contributed by atoms with E-state index < -0.39 is 0 Å². The van der Waals surface area contributed by atoms with Crippen LogP contribution >= 0.6 is 0 Å². The smallest absolute Gasteiger partial charge is 0.0256 e. The summed E-state index contributed by atoms with van der Waals surface area (Å²) in [5.74, 6) is 1.64. The van der Waals surface area contributed by atoms with E-state index in [2.05, 4.69) is 26.8 Å². The van der Waals surface area contributed by atoms with E-state index in [-0.39, 0.29) is 0 Å². The third kappa shape index (κ3) is 1.57. The maximum atomic E-state index is 2.44. The van der Waals surface area contributed by atoms with Gasteiger partial charge in [0.1, 0.15) is 0 Å². The van der Waals surface area contributed by atoms with Crippen molar-refractivity contribution in [2.24, 2.45) is 11.8 Å². The summed E-state index contributed by atoms with van der Waals surface area (Å²) in [6.07, 6.45) is 5.16. The highest BCUT2D eigenvalue weighted by molar-refractivity contribution is 5.11. The predicted octanol–water partition coefficient (Wildman–Crippen LogP) is 3.00. The van der Waals surface area contributed by atoms with E-state index in [1.807, 2.05) is 0 Å². The van der Waals surface area contributed by atoms with E-state index in [0.29, 0.717) is 0 Å². The highest BCUT2D eigenvalue weighted by Gasteiger charge is 2.12. The predicted molar refractivity (Wildman–Crippen MR) is 41.3 cm³/mol. The van der Waals surface area contributed by atoms with Gasteiger partial charge in [-0.05, 0) is 24.7 Å². The van der Waals surface area contributed by atoms with Crippen molar-refractivity contribution in [3.63, 3.8) is 0 Å². The number of hydrogen-bond donors (Lipinski definition) is 0. The Balaban J connectivity index is 2.52. The molecule has 0 saturated carbocycles. The minimum Gasteiger partial charge on any atom is -0.0822 e. The zero-order valence-corrected chi connectivity index (χ0v) is 6.65.